The van der Waals surface area contributed by atoms with Crippen molar-refractivity contribution in [1.82, 2.24) is 5.32 Å². The van der Waals surface area contributed by atoms with Crippen molar-refractivity contribution in [2.24, 2.45) is 0 Å². The Kier molecular flexibility index (Phi) is 6.44. The number of amides is 2. The lowest BCUT2D eigenvalue weighted by Crippen LogP contribution is -2.32. The molecule has 2 N–H and O–H groups in total. The molecule has 0 bridgehead atoms. The number of hydrogen-bond acceptors (Lipinski definition) is 4. The van der Waals surface area contributed by atoms with Crippen LogP contribution in [0.3, 0.4) is 0 Å². The number of piperidine rings is 1. The van der Waals surface area contributed by atoms with E-state index in [1.54, 1.807) is 12.1 Å². The van der Waals surface area contributed by atoms with Gasteiger partial charge in [-0.25, -0.2) is 0 Å². The largest absolute Gasteiger partial charge is 0.371 e. The molecule has 3 aromatic rings. The van der Waals surface area contributed by atoms with Crippen molar-refractivity contribution >= 4 is 34.5 Å². The molecule has 5 nitrogen and oxygen atoms in total. The molecule has 4 rings (SSSR count). The fourth-order valence-electron chi connectivity index (χ4n) is 3.68. The molecule has 2 aromatic carbocycles. The van der Waals surface area contributed by atoms with E-state index in [4.69, 9.17) is 0 Å². The summed E-state index contributed by atoms with van der Waals surface area (Å²) < 4.78 is 0. The summed E-state index contributed by atoms with van der Waals surface area (Å²) in [5, 5.41) is 7.81. The fourth-order valence-corrected chi connectivity index (χ4v) is 4.30. The monoisotopic (exact) mass is 419 g/mol. The maximum absolute atomic E-state index is 13.1. The molecule has 0 spiro atoms. The van der Waals surface area contributed by atoms with Gasteiger partial charge in [-0.1, -0.05) is 36.4 Å². The lowest BCUT2D eigenvalue weighted by atomic mass is 10.1. The predicted octanol–water partition coefficient (Wildman–Crippen LogP) is 4.92. The minimum Gasteiger partial charge on any atom is -0.371 e. The van der Waals surface area contributed by atoms with Crippen LogP contribution in [-0.2, 0) is 6.54 Å². The SMILES string of the molecule is O=C(Nc1ccc(N2CCCCC2)c(C(=O)NCc2ccccc2)c1)c1cccs1. The lowest BCUT2D eigenvalue weighted by Gasteiger charge is -2.30. The van der Waals surface area contributed by atoms with Gasteiger partial charge in [-0.15, -0.1) is 11.3 Å². The number of thiophene rings is 1. The number of anilines is 2. The highest BCUT2D eigenvalue weighted by Gasteiger charge is 2.20. The molecule has 0 saturated carbocycles. The van der Waals surface area contributed by atoms with E-state index in [0.29, 0.717) is 22.7 Å². The van der Waals surface area contributed by atoms with Gasteiger partial charge in [0.05, 0.1) is 10.4 Å². The molecule has 1 aliphatic heterocycles. The summed E-state index contributed by atoms with van der Waals surface area (Å²) in [7, 11) is 0. The maximum Gasteiger partial charge on any atom is 0.265 e. The van der Waals surface area contributed by atoms with Gasteiger partial charge in [0.2, 0.25) is 0 Å². The highest BCUT2D eigenvalue weighted by Crippen LogP contribution is 2.28. The Morgan fingerprint density at radius 1 is 0.900 bits per heavy atom. The number of nitrogens with zero attached hydrogens (tertiary/aromatic N) is 1. The van der Waals surface area contributed by atoms with Crippen LogP contribution in [0.2, 0.25) is 0 Å². The standard InChI is InChI=1S/C24H25N3O2S/c28-23(25-17-18-8-3-1-4-9-18)20-16-19(26-24(29)22-10-7-15-30-22)11-12-21(20)27-13-5-2-6-14-27/h1,3-4,7-12,15-16H,2,5-6,13-14,17H2,(H,25,28)(H,26,29). The fraction of sp³-hybridized carbons (Fsp3) is 0.250. The summed E-state index contributed by atoms with van der Waals surface area (Å²) in [5.74, 6) is -0.294. The molecule has 6 heteroatoms. The van der Waals surface area contributed by atoms with Crippen molar-refractivity contribution in [2.45, 2.75) is 25.8 Å². The van der Waals surface area contributed by atoms with Crippen molar-refractivity contribution in [1.29, 1.82) is 0 Å². The number of benzene rings is 2. The van der Waals surface area contributed by atoms with Crippen LogP contribution < -0.4 is 15.5 Å². The van der Waals surface area contributed by atoms with Gasteiger partial charge in [-0.05, 0) is 54.5 Å². The molecule has 30 heavy (non-hydrogen) atoms. The second kappa shape index (κ2) is 9.59. The average Bonchev–Trinajstić information content (AvgIpc) is 3.34. The predicted molar refractivity (Wildman–Crippen MR) is 122 cm³/mol. The van der Waals surface area contributed by atoms with Gasteiger partial charge < -0.3 is 15.5 Å². The van der Waals surface area contributed by atoms with Crippen molar-refractivity contribution in [3.05, 3.63) is 82.0 Å². The Morgan fingerprint density at radius 3 is 2.43 bits per heavy atom. The first kappa shape index (κ1) is 20.2. The molecule has 0 unspecified atom stereocenters. The molecule has 1 aliphatic rings. The number of hydrogen-bond donors (Lipinski definition) is 2. The van der Waals surface area contributed by atoms with E-state index in [-0.39, 0.29) is 11.8 Å². The highest BCUT2D eigenvalue weighted by atomic mass is 32.1. The Balaban J connectivity index is 1.56. The van der Waals surface area contributed by atoms with Crippen molar-refractivity contribution in [3.8, 4) is 0 Å². The zero-order valence-electron chi connectivity index (χ0n) is 16.8. The summed E-state index contributed by atoms with van der Waals surface area (Å²) in [5.41, 5.74) is 3.19. The average molecular weight is 420 g/mol. The second-order valence-corrected chi connectivity index (χ2v) is 8.33. The van der Waals surface area contributed by atoms with Gasteiger partial charge in [0, 0.05) is 31.0 Å². The van der Waals surface area contributed by atoms with E-state index >= 15 is 0 Å². The number of rotatable bonds is 6. The first-order chi connectivity index (χ1) is 14.7. The maximum atomic E-state index is 13.1. The molecule has 154 valence electrons. The van der Waals surface area contributed by atoms with E-state index in [9.17, 15) is 9.59 Å². The third-order valence-corrected chi connectivity index (χ3v) is 6.11. The summed E-state index contributed by atoms with van der Waals surface area (Å²) in [6.45, 7) is 2.35. The van der Waals surface area contributed by atoms with Crippen LogP contribution in [0.5, 0.6) is 0 Å². The Bertz CT molecular complexity index is 997. The molecule has 0 aliphatic carbocycles. The van der Waals surface area contributed by atoms with Gasteiger partial charge in [0.25, 0.3) is 11.8 Å². The zero-order chi connectivity index (χ0) is 20.8. The van der Waals surface area contributed by atoms with Crippen LogP contribution in [0.25, 0.3) is 0 Å². The van der Waals surface area contributed by atoms with Gasteiger partial charge in [-0.2, -0.15) is 0 Å². The Hall–Kier alpha value is -3.12. The zero-order valence-corrected chi connectivity index (χ0v) is 17.6. The van der Waals surface area contributed by atoms with Gasteiger partial charge in [0.1, 0.15) is 0 Å². The van der Waals surface area contributed by atoms with Gasteiger partial charge in [0.15, 0.2) is 0 Å². The quantitative estimate of drug-likeness (QED) is 0.596. The summed E-state index contributed by atoms with van der Waals surface area (Å²) in [6.07, 6.45) is 3.48. The van der Waals surface area contributed by atoms with E-state index in [1.165, 1.54) is 17.8 Å². The van der Waals surface area contributed by atoms with Crippen molar-refractivity contribution in [2.75, 3.05) is 23.3 Å². The lowest BCUT2D eigenvalue weighted by molar-refractivity contribution is 0.0950. The first-order valence-electron chi connectivity index (χ1n) is 10.3. The summed E-state index contributed by atoms with van der Waals surface area (Å²) >= 11 is 1.39. The van der Waals surface area contributed by atoms with E-state index in [2.05, 4.69) is 15.5 Å². The Morgan fingerprint density at radius 2 is 1.70 bits per heavy atom. The third-order valence-electron chi connectivity index (χ3n) is 5.24. The van der Waals surface area contributed by atoms with Gasteiger partial charge >= 0.3 is 0 Å². The second-order valence-electron chi connectivity index (χ2n) is 7.38. The van der Waals surface area contributed by atoms with Crippen LogP contribution in [-0.4, -0.2) is 24.9 Å². The molecular weight excluding hydrogens is 394 g/mol. The Labute approximate surface area is 180 Å². The normalized spacial score (nSPS) is 13.7. The minimum atomic E-state index is -0.161. The van der Waals surface area contributed by atoms with Crippen LogP contribution in [0.15, 0.2) is 66.0 Å². The number of nitrogens with one attached hydrogen (secondary N) is 2. The van der Waals surface area contributed by atoms with Gasteiger partial charge in [-0.3, -0.25) is 9.59 Å². The number of carbonyl (C=O) groups excluding carboxylic acids is 2. The summed E-state index contributed by atoms with van der Waals surface area (Å²) in [6, 6.07) is 19.1. The van der Waals surface area contributed by atoms with E-state index in [0.717, 1.165) is 37.2 Å². The highest BCUT2D eigenvalue weighted by molar-refractivity contribution is 7.12. The topological polar surface area (TPSA) is 61.4 Å². The molecule has 2 amide bonds. The summed E-state index contributed by atoms with van der Waals surface area (Å²) in [4.78, 5) is 28.5. The van der Waals surface area contributed by atoms with Crippen LogP contribution >= 0.6 is 11.3 Å². The molecule has 0 atom stereocenters. The molecule has 1 aromatic heterocycles. The molecule has 0 radical (unpaired) electrons. The first-order valence-corrected chi connectivity index (χ1v) is 11.1. The molecular formula is C24H25N3O2S. The van der Waals surface area contributed by atoms with Crippen molar-refractivity contribution in [3.63, 3.8) is 0 Å². The molecule has 1 saturated heterocycles. The third kappa shape index (κ3) is 4.89. The van der Waals surface area contributed by atoms with Crippen molar-refractivity contribution < 1.29 is 9.59 Å². The van der Waals surface area contributed by atoms with Crippen LogP contribution in [0.1, 0.15) is 44.9 Å². The van der Waals surface area contributed by atoms with Crippen LogP contribution in [0, 0.1) is 0 Å². The van der Waals surface area contributed by atoms with E-state index < -0.39 is 0 Å². The molecule has 2 heterocycles. The smallest absolute Gasteiger partial charge is 0.265 e. The minimum absolute atomic E-state index is 0.133. The van der Waals surface area contributed by atoms with Crippen LogP contribution in [0.4, 0.5) is 11.4 Å². The molecule has 1 fully saturated rings. The van der Waals surface area contributed by atoms with E-state index in [1.807, 2.05) is 53.9 Å². The number of carbonyl (C=O) groups is 2.